The van der Waals surface area contributed by atoms with Crippen LogP contribution in [-0.4, -0.2) is 23.5 Å². The summed E-state index contributed by atoms with van der Waals surface area (Å²) in [6.07, 6.45) is 0.249. The highest BCUT2D eigenvalue weighted by atomic mass is 32.1. The van der Waals surface area contributed by atoms with Crippen LogP contribution in [0, 0.1) is 11.3 Å². The standard InChI is InChI=1S/C21H18N2O2S2/c1-14(25-16-5-2-4-15(12-16)13-22)21(24)23-9-7-18-17(8-11-27-18)20(23)19-6-3-10-26-19/h2-6,8,10-12,14,20H,7,9H2,1H3. The van der Waals surface area contributed by atoms with Gasteiger partial charge in [-0.3, -0.25) is 4.79 Å². The van der Waals surface area contributed by atoms with E-state index in [0.717, 1.165) is 6.42 Å². The van der Waals surface area contributed by atoms with Gasteiger partial charge >= 0.3 is 0 Å². The molecule has 0 spiro atoms. The van der Waals surface area contributed by atoms with Crippen molar-refractivity contribution in [2.75, 3.05) is 6.54 Å². The van der Waals surface area contributed by atoms with Crippen molar-refractivity contribution in [3.63, 3.8) is 0 Å². The van der Waals surface area contributed by atoms with Crippen LogP contribution in [0.2, 0.25) is 0 Å². The van der Waals surface area contributed by atoms with E-state index in [9.17, 15) is 4.79 Å². The van der Waals surface area contributed by atoms with Crippen molar-refractivity contribution >= 4 is 28.6 Å². The van der Waals surface area contributed by atoms with Gasteiger partial charge in [-0.2, -0.15) is 5.26 Å². The molecular weight excluding hydrogens is 376 g/mol. The van der Waals surface area contributed by atoms with Crippen molar-refractivity contribution in [1.82, 2.24) is 4.90 Å². The Bertz CT molecular complexity index is 988. The Labute approximate surface area is 166 Å². The molecule has 136 valence electrons. The third kappa shape index (κ3) is 3.48. The SMILES string of the molecule is CC(Oc1cccc(C#N)c1)C(=O)N1CCc2sccc2C1c1cccs1. The van der Waals surface area contributed by atoms with E-state index in [2.05, 4.69) is 23.6 Å². The number of amides is 1. The predicted molar refractivity (Wildman–Crippen MR) is 107 cm³/mol. The zero-order valence-electron chi connectivity index (χ0n) is 14.8. The lowest BCUT2D eigenvalue weighted by Crippen LogP contribution is -2.45. The van der Waals surface area contributed by atoms with E-state index in [-0.39, 0.29) is 11.9 Å². The van der Waals surface area contributed by atoms with Crippen LogP contribution in [0.1, 0.15) is 33.8 Å². The number of thiophene rings is 2. The summed E-state index contributed by atoms with van der Waals surface area (Å²) in [7, 11) is 0. The third-order valence-electron chi connectivity index (χ3n) is 4.69. The molecule has 1 aromatic carbocycles. The van der Waals surface area contributed by atoms with Gasteiger partial charge < -0.3 is 9.64 Å². The highest BCUT2D eigenvalue weighted by Crippen LogP contribution is 2.39. The fourth-order valence-corrected chi connectivity index (χ4v) is 5.19. The first kappa shape index (κ1) is 17.8. The smallest absolute Gasteiger partial charge is 0.264 e. The number of hydrogen-bond acceptors (Lipinski definition) is 5. The number of fused-ring (bicyclic) bond motifs is 1. The molecule has 1 aliphatic heterocycles. The number of nitriles is 1. The molecule has 0 saturated carbocycles. The van der Waals surface area contributed by atoms with Gasteiger partial charge in [-0.15, -0.1) is 22.7 Å². The highest BCUT2D eigenvalue weighted by molar-refractivity contribution is 7.10. The Morgan fingerprint density at radius 3 is 2.93 bits per heavy atom. The van der Waals surface area contributed by atoms with Gasteiger partial charge in [-0.05, 0) is 60.0 Å². The summed E-state index contributed by atoms with van der Waals surface area (Å²) >= 11 is 3.43. The molecule has 0 aliphatic carbocycles. The average Bonchev–Trinajstić information content (AvgIpc) is 3.38. The van der Waals surface area contributed by atoms with Crippen LogP contribution in [0.25, 0.3) is 0 Å². The quantitative estimate of drug-likeness (QED) is 0.649. The van der Waals surface area contributed by atoms with Gasteiger partial charge in [0.2, 0.25) is 0 Å². The second-order valence-electron chi connectivity index (χ2n) is 6.40. The molecule has 0 saturated heterocycles. The van der Waals surface area contributed by atoms with Crippen LogP contribution < -0.4 is 4.74 Å². The van der Waals surface area contributed by atoms with Crippen LogP contribution in [0.3, 0.4) is 0 Å². The van der Waals surface area contributed by atoms with Crippen LogP contribution in [0.4, 0.5) is 0 Å². The van der Waals surface area contributed by atoms with Crippen molar-refractivity contribution in [3.05, 3.63) is 74.1 Å². The molecule has 3 aromatic rings. The molecule has 4 nitrogen and oxygen atoms in total. The maximum absolute atomic E-state index is 13.2. The lowest BCUT2D eigenvalue weighted by molar-refractivity contribution is -0.140. The van der Waals surface area contributed by atoms with Gasteiger partial charge in [-0.25, -0.2) is 0 Å². The molecule has 2 atom stereocenters. The Hall–Kier alpha value is -2.62. The molecule has 0 N–H and O–H groups in total. The number of rotatable bonds is 4. The van der Waals surface area contributed by atoms with E-state index in [1.807, 2.05) is 16.3 Å². The van der Waals surface area contributed by atoms with E-state index in [4.69, 9.17) is 10.00 Å². The molecule has 0 bridgehead atoms. The first-order valence-corrected chi connectivity index (χ1v) is 10.5. The van der Waals surface area contributed by atoms with Crippen molar-refractivity contribution in [3.8, 4) is 11.8 Å². The lowest BCUT2D eigenvalue weighted by atomic mass is 9.98. The van der Waals surface area contributed by atoms with Crippen LogP contribution in [-0.2, 0) is 11.2 Å². The summed E-state index contributed by atoms with van der Waals surface area (Å²) < 4.78 is 5.87. The van der Waals surface area contributed by atoms with E-state index >= 15 is 0 Å². The zero-order valence-corrected chi connectivity index (χ0v) is 16.4. The first-order valence-electron chi connectivity index (χ1n) is 8.74. The second-order valence-corrected chi connectivity index (χ2v) is 8.38. The molecule has 6 heteroatoms. The van der Waals surface area contributed by atoms with Crippen molar-refractivity contribution in [2.45, 2.75) is 25.5 Å². The Kier molecular flexibility index (Phi) is 4.97. The lowest BCUT2D eigenvalue weighted by Gasteiger charge is -2.37. The number of carbonyl (C=O) groups is 1. The molecule has 3 heterocycles. The minimum Gasteiger partial charge on any atom is -0.481 e. The molecular formula is C21H18N2O2S2. The molecule has 2 unspecified atom stereocenters. The Morgan fingerprint density at radius 2 is 2.15 bits per heavy atom. The van der Waals surface area contributed by atoms with E-state index in [0.29, 0.717) is 17.9 Å². The summed E-state index contributed by atoms with van der Waals surface area (Å²) in [5, 5.41) is 13.2. The molecule has 1 aliphatic rings. The van der Waals surface area contributed by atoms with Gasteiger partial charge in [0.1, 0.15) is 5.75 Å². The number of benzene rings is 1. The predicted octanol–water partition coefficient (Wildman–Crippen LogP) is 4.62. The minimum atomic E-state index is -0.624. The summed E-state index contributed by atoms with van der Waals surface area (Å²) in [6.45, 7) is 2.46. The number of ether oxygens (including phenoxy) is 1. The van der Waals surface area contributed by atoms with E-state index in [1.165, 1.54) is 15.3 Å². The van der Waals surface area contributed by atoms with Crippen LogP contribution in [0.5, 0.6) is 5.75 Å². The summed E-state index contributed by atoms with van der Waals surface area (Å²) in [5.74, 6) is 0.503. The summed E-state index contributed by atoms with van der Waals surface area (Å²) in [5.41, 5.74) is 1.74. The monoisotopic (exact) mass is 394 g/mol. The van der Waals surface area contributed by atoms with Gasteiger partial charge in [0.15, 0.2) is 6.10 Å². The minimum absolute atomic E-state index is 0.0346. The maximum atomic E-state index is 13.2. The molecule has 0 radical (unpaired) electrons. The van der Waals surface area contributed by atoms with Gasteiger partial charge in [0.05, 0.1) is 17.7 Å². The number of hydrogen-bond donors (Lipinski definition) is 0. The average molecular weight is 395 g/mol. The normalized spacial score (nSPS) is 17.0. The molecule has 2 aromatic heterocycles. The zero-order chi connectivity index (χ0) is 18.8. The molecule has 27 heavy (non-hydrogen) atoms. The van der Waals surface area contributed by atoms with Gasteiger partial charge in [0.25, 0.3) is 5.91 Å². The van der Waals surface area contributed by atoms with Gasteiger partial charge in [0, 0.05) is 16.3 Å². The highest BCUT2D eigenvalue weighted by Gasteiger charge is 2.35. The van der Waals surface area contributed by atoms with Crippen molar-refractivity contribution < 1.29 is 9.53 Å². The third-order valence-corrected chi connectivity index (χ3v) is 6.61. The molecule has 0 fully saturated rings. The van der Waals surface area contributed by atoms with Crippen molar-refractivity contribution in [2.24, 2.45) is 0 Å². The Balaban J connectivity index is 1.59. The Morgan fingerprint density at radius 1 is 1.26 bits per heavy atom. The van der Waals surface area contributed by atoms with E-state index < -0.39 is 6.10 Å². The fourth-order valence-electron chi connectivity index (χ4n) is 3.43. The molecule has 4 rings (SSSR count). The van der Waals surface area contributed by atoms with Crippen LogP contribution in [0.15, 0.2) is 53.2 Å². The second kappa shape index (κ2) is 7.55. The summed E-state index contributed by atoms with van der Waals surface area (Å²) in [4.78, 5) is 17.7. The summed E-state index contributed by atoms with van der Waals surface area (Å²) in [6, 6.07) is 15.2. The number of nitrogens with zero attached hydrogens (tertiary/aromatic N) is 2. The van der Waals surface area contributed by atoms with Gasteiger partial charge in [-0.1, -0.05) is 12.1 Å². The van der Waals surface area contributed by atoms with E-state index in [1.54, 1.807) is 53.9 Å². The fraction of sp³-hybridized carbons (Fsp3) is 0.238. The number of carbonyl (C=O) groups excluding carboxylic acids is 1. The van der Waals surface area contributed by atoms with Crippen molar-refractivity contribution in [1.29, 1.82) is 5.26 Å². The molecule has 1 amide bonds. The van der Waals surface area contributed by atoms with Crippen LogP contribution >= 0.6 is 22.7 Å². The largest absolute Gasteiger partial charge is 0.481 e. The first-order chi connectivity index (χ1) is 13.2. The topological polar surface area (TPSA) is 53.3 Å². The maximum Gasteiger partial charge on any atom is 0.264 e.